The fourth-order valence-corrected chi connectivity index (χ4v) is 5.12. The number of methoxy groups -OCH3 is 1. The summed E-state index contributed by atoms with van der Waals surface area (Å²) in [5.74, 6) is 1.02. The van der Waals surface area contributed by atoms with Gasteiger partial charge in [-0.1, -0.05) is 0 Å². The molecule has 0 aliphatic carbocycles. The second kappa shape index (κ2) is 6.35. The number of anilines is 1. The van der Waals surface area contributed by atoms with Gasteiger partial charge >= 0.3 is 0 Å². The summed E-state index contributed by atoms with van der Waals surface area (Å²) in [6.07, 6.45) is 2.08. The van der Waals surface area contributed by atoms with Gasteiger partial charge in [0, 0.05) is 17.6 Å². The van der Waals surface area contributed by atoms with Gasteiger partial charge in [-0.15, -0.1) is 0 Å². The lowest BCUT2D eigenvalue weighted by molar-refractivity contribution is 0.414. The molecular formula is C19H22N2O3S. The molecule has 2 aliphatic rings. The Morgan fingerprint density at radius 1 is 1.00 bits per heavy atom. The molecule has 0 saturated carbocycles. The number of ether oxygens (including phenoxy) is 1. The Morgan fingerprint density at radius 3 is 2.48 bits per heavy atom. The van der Waals surface area contributed by atoms with E-state index < -0.39 is 9.84 Å². The number of fused-ring (bicyclic) bond motifs is 3. The van der Waals surface area contributed by atoms with Crippen molar-refractivity contribution in [1.29, 1.82) is 0 Å². The van der Waals surface area contributed by atoms with Crippen LogP contribution in [0, 0.1) is 0 Å². The van der Waals surface area contributed by atoms with Gasteiger partial charge in [0.2, 0.25) is 9.84 Å². The van der Waals surface area contributed by atoms with Crippen molar-refractivity contribution in [3.05, 3.63) is 48.0 Å². The molecule has 1 saturated heterocycles. The van der Waals surface area contributed by atoms with Crippen molar-refractivity contribution >= 4 is 15.5 Å². The topological polar surface area (TPSA) is 67.4 Å². The minimum atomic E-state index is -3.53. The highest BCUT2D eigenvalue weighted by molar-refractivity contribution is 7.91. The summed E-state index contributed by atoms with van der Waals surface area (Å²) in [4.78, 5) is 0.648. The van der Waals surface area contributed by atoms with Gasteiger partial charge in [0.1, 0.15) is 5.75 Å². The fraction of sp³-hybridized carbons (Fsp3) is 0.368. The average Bonchev–Trinajstić information content (AvgIpc) is 2.82. The second-order valence-corrected chi connectivity index (χ2v) is 8.56. The van der Waals surface area contributed by atoms with E-state index in [0.717, 1.165) is 37.2 Å². The van der Waals surface area contributed by atoms with Gasteiger partial charge in [0.25, 0.3) is 0 Å². The van der Waals surface area contributed by atoms with Crippen LogP contribution < -0.4 is 15.4 Å². The van der Waals surface area contributed by atoms with Gasteiger partial charge in [-0.05, 0) is 74.0 Å². The summed E-state index contributed by atoms with van der Waals surface area (Å²) in [6, 6.07) is 12.4. The van der Waals surface area contributed by atoms with Gasteiger partial charge in [-0.25, -0.2) is 8.42 Å². The SMILES string of the molecule is COc1ccc(S(=O)(=O)c2ccc3c(c2)[C@H]2CCNCC[C@H]2N3)cc1. The number of nitrogens with one attached hydrogen (secondary N) is 2. The predicted molar refractivity (Wildman–Crippen MR) is 97.1 cm³/mol. The van der Waals surface area contributed by atoms with Crippen molar-refractivity contribution in [2.24, 2.45) is 0 Å². The molecule has 132 valence electrons. The van der Waals surface area contributed by atoms with Crippen LogP contribution in [0.4, 0.5) is 5.69 Å². The summed E-state index contributed by atoms with van der Waals surface area (Å²) in [5.41, 5.74) is 2.20. The van der Waals surface area contributed by atoms with Crippen LogP contribution in [0.15, 0.2) is 52.3 Å². The van der Waals surface area contributed by atoms with E-state index in [9.17, 15) is 8.42 Å². The highest BCUT2D eigenvalue weighted by Crippen LogP contribution is 2.41. The Hall–Kier alpha value is -2.05. The zero-order valence-corrected chi connectivity index (χ0v) is 15.0. The van der Waals surface area contributed by atoms with Gasteiger partial charge in [0.05, 0.1) is 16.9 Å². The van der Waals surface area contributed by atoms with Crippen molar-refractivity contribution < 1.29 is 13.2 Å². The van der Waals surface area contributed by atoms with Crippen molar-refractivity contribution in [2.75, 3.05) is 25.5 Å². The van der Waals surface area contributed by atoms with Crippen LogP contribution in [-0.2, 0) is 9.84 Å². The van der Waals surface area contributed by atoms with Crippen molar-refractivity contribution in [2.45, 2.75) is 34.6 Å². The monoisotopic (exact) mass is 358 g/mol. The molecule has 2 N–H and O–H groups in total. The third-order valence-electron chi connectivity index (χ3n) is 5.19. The first-order valence-corrected chi connectivity index (χ1v) is 10.1. The summed E-state index contributed by atoms with van der Waals surface area (Å²) in [5, 5.41) is 6.98. The highest BCUT2D eigenvalue weighted by Gasteiger charge is 2.34. The molecule has 2 aromatic carbocycles. The van der Waals surface area contributed by atoms with Crippen LogP contribution in [0.1, 0.15) is 24.3 Å². The lowest BCUT2D eigenvalue weighted by Crippen LogP contribution is -2.21. The molecule has 0 amide bonds. The maximum atomic E-state index is 13.0. The molecule has 25 heavy (non-hydrogen) atoms. The number of sulfone groups is 1. The predicted octanol–water partition coefficient (Wildman–Crippen LogP) is 2.79. The Morgan fingerprint density at radius 2 is 1.72 bits per heavy atom. The summed E-state index contributed by atoms with van der Waals surface area (Å²) in [7, 11) is -1.97. The number of rotatable bonds is 3. The maximum Gasteiger partial charge on any atom is 0.206 e. The van der Waals surface area contributed by atoms with Crippen LogP contribution in [-0.4, -0.2) is 34.7 Å². The number of benzene rings is 2. The van der Waals surface area contributed by atoms with Gasteiger partial charge in [-0.2, -0.15) is 0 Å². The molecule has 4 rings (SSSR count). The molecule has 0 bridgehead atoms. The molecule has 0 spiro atoms. The van der Waals surface area contributed by atoms with E-state index in [2.05, 4.69) is 10.6 Å². The van der Waals surface area contributed by atoms with Crippen molar-refractivity contribution in [1.82, 2.24) is 5.32 Å². The minimum Gasteiger partial charge on any atom is -0.497 e. The molecule has 2 aliphatic heterocycles. The second-order valence-electron chi connectivity index (χ2n) is 6.61. The van der Waals surface area contributed by atoms with Crippen LogP contribution in [0.25, 0.3) is 0 Å². The normalized spacial score (nSPS) is 22.4. The first-order valence-electron chi connectivity index (χ1n) is 8.60. The largest absolute Gasteiger partial charge is 0.497 e. The maximum absolute atomic E-state index is 13.0. The summed E-state index contributed by atoms with van der Waals surface area (Å²) >= 11 is 0. The van der Waals surface area contributed by atoms with Gasteiger partial charge < -0.3 is 15.4 Å². The van der Waals surface area contributed by atoms with Crippen molar-refractivity contribution in [3.8, 4) is 5.75 Å². The molecule has 1 fully saturated rings. The quantitative estimate of drug-likeness (QED) is 0.883. The lowest BCUT2D eigenvalue weighted by atomic mass is 9.91. The van der Waals surface area contributed by atoms with E-state index in [-0.39, 0.29) is 0 Å². The first-order chi connectivity index (χ1) is 12.1. The molecule has 0 aromatic heterocycles. The Bertz CT molecular complexity index is 878. The molecule has 0 unspecified atom stereocenters. The zero-order valence-electron chi connectivity index (χ0n) is 14.2. The van der Waals surface area contributed by atoms with E-state index in [1.54, 1.807) is 37.4 Å². The molecule has 2 atom stereocenters. The highest BCUT2D eigenvalue weighted by atomic mass is 32.2. The van der Waals surface area contributed by atoms with E-state index >= 15 is 0 Å². The summed E-state index contributed by atoms with van der Waals surface area (Å²) < 4.78 is 31.1. The van der Waals surface area contributed by atoms with Crippen molar-refractivity contribution in [3.63, 3.8) is 0 Å². The molecule has 0 radical (unpaired) electrons. The van der Waals surface area contributed by atoms with Gasteiger partial charge in [0.15, 0.2) is 0 Å². The van der Waals surface area contributed by atoms with E-state index in [1.807, 2.05) is 12.1 Å². The molecular weight excluding hydrogens is 336 g/mol. The number of hydrogen-bond acceptors (Lipinski definition) is 5. The lowest BCUT2D eigenvalue weighted by Gasteiger charge is -2.16. The van der Waals surface area contributed by atoms with E-state index in [4.69, 9.17) is 4.74 Å². The molecule has 5 nitrogen and oxygen atoms in total. The molecule has 2 aromatic rings. The molecule has 2 heterocycles. The zero-order chi connectivity index (χ0) is 17.4. The molecule has 6 heteroatoms. The summed E-state index contributed by atoms with van der Waals surface area (Å²) in [6.45, 7) is 1.97. The number of hydrogen-bond donors (Lipinski definition) is 2. The van der Waals surface area contributed by atoms with Crippen LogP contribution in [0.2, 0.25) is 0 Å². The van der Waals surface area contributed by atoms with Crippen LogP contribution in [0.3, 0.4) is 0 Å². The smallest absolute Gasteiger partial charge is 0.206 e. The Kier molecular flexibility index (Phi) is 4.17. The van der Waals surface area contributed by atoms with Crippen LogP contribution in [0.5, 0.6) is 5.75 Å². The van der Waals surface area contributed by atoms with Crippen LogP contribution >= 0.6 is 0 Å². The fourth-order valence-electron chi connectivity index (χ4n) is 3.82. The third kappa shape index (κ3) is 2.89. The standard InChI is InChI=1S/C19H22N2O3S/c1-24-13-2-4-14(5-3-13)25(22,23)15-6-7-18-17(12-15)16-8-10-20-11-9-19(16)21-18/h2-7,12,16,19-21H,8-11H2,1H3/t16-,19-/m1/s1. The average molecular weight is 358 g/mol. The Labute approximate surface area is 148 Å². The van der Waals surface area contributed by atoms with E-state index in [0.29, 0.717) is 27.5 Å². The minimum absolute atomic E-state index is 0.290. The van der Waals surface area contributed by atoms with Gasteiger partial charge in [-0.3, -0.25) is 0 Å². The third-order valence-corrected chi connectivity index (χ3v) is 6.96. The van der Waals surface area contributed by atoms with E-state index in [1.165, 1.54) is 0 Å². The first kappa shape index (κ1) is 16.4. The Balaban J connectivity index is 1.71.